The third-order valence-corrected chi connectivity index (χ3v) is 43.3. The van der Waals surface area contributed by atoms with E-state index in [0.717, 1.165) is 58.7 Å². The van der Waals surface area contributed by atoms with Crippen molar-refractivity contribution in [2.45, 2.75) is 533 Å². The van der Waals surface area contributed by atoms with E-state index in [1.165, 1.54) is 271 Å². The molecule has 28 aliphatic carbocycles. The van der Waals surface area contributed by atoms with Gasteiger partial charge in [0, 0.05) is 0 Å². The Morgan fingerprint density at radius 3 is 0.626 bits per heavy atom. The summed E-state index contributed by atoms with van der Waals surface area (Å²) in [5, 5.41) is 0. The average Bonchev–Trinajstić information content (AvgIpc) is 1.64. The fraction of sp³-hybridized carbons (Fsp3) is 1.00. The van der Waals surface area contributed by atoms with Crippen LogP contribution in [0.3, 0.4) is 0 Å². The van der Waals surface area contributed by atoms with E-state index in [0.29, 0.717) is 0 Å². The summed E-state index contributed by atoms with van der Waals surface area (Å²) in [5.41, 5.74) is 0.774. The molecule has 0 aliphatic heterocycles. The topological polar surface area (TPSA) is 0 Å². The van der Waals surface area contributed by atoms with Gasteiger partial charge in [0.1, 0.15) is 0 Å². The van der Waals surface area contributed by atoms with Gasteiger partial charge in [0.15, 0.2) is 0 Å². The first-order valence-electron chi connectivity index (χ1n) is 56.9. The van der Waals surface area contributed by atoms with Crippen LogP contribution in [0.5, 0.6) is 0 Å². The summed E-state index contributed by atoms with van der Waals surface area (Å²) in [6.07, 6.45) is 128. The van der Waals surface area contributed by atoms with Crippen LogP contribution in [0.1, 0.15) is 533 Å². The average molecular weight is 1580 g/mol. The van der Waals surface area contributed by atoms with E-state index in [-0.39, 0.29) is 0 Å². The molecule has 0 spiro atoms. The van der Waals surface area contributed by atoms with E-state index in [4.69, 9.17) is 0 Å². The molecular formula is C115H198. The van der Waals surface area contributed by atoms with Crippen LogP contribution >= 0.6 is 0 Å². The van der Waals surface area contributed by atoms with Crippen molar-refractivity contribution in [1.29, 1.82) is 0 Å². The predicted octanol–water partition coefficient (Wildman–Crippen LogP) is 36.3. The van der Waals surface area contributed by atoms with E-state index >= 15 is 0 Å². The Kier molecular flexibility index (Phi) is 33.6. The maximum Gasteiger partial charge on any atom is -0.0298 e. The summed E-state index contributed by atoms with van der Waals surface area (Å²) in [6.45, 7) is 2.54. The second-order valence-corrected chi connectivity index (χ2v) is 49.8. The molecule has 0 aromatic heterocycles. The van der Waals surface area contributed by atoms with Crippen molar-refractivity contribution in [3.63, 3.8) is 0 Å². The Morgan fingerprint density at radius 1 is 0.122 bits per heavy atom. The number of rotatable bonds is 0. The lowest BCUT2D eigenvalue weighted by Crippen LogP contribution is -2.38. The molecule has 28 aliphatic rings. The molecule has 28 fully saturated rings. The van der Waals surface area contributed by atoms with Crippen LogP contribution in [0.2, 0.25) is 0 Å². The third-order valence-electron chi connectivity index (χ3n) is 43.3. The van der Waals surface area contributed by atoms with Crippen molar-refractivity contribution in [2.24, 2.45) is 189 Å². The first-order chi connectivity index (χ1) is 56.9. The molecule has 0 heterocycles. The molecule has 0 radical (unpaired) electrons. The van der Waals surface area contributed by atoms with Gasteiger partial charge in [-0.15, -0.1) is 0 Å². The second-order valence-electron chi connectivity index (χ2n) is 49.8. The summed E-state index contributed by atoms with van der Waals surface area (Å²) in [7, 11) is 0. The zero-order valence-corrected chi connectivity index (χ0v) is 77.4. The SMILES string of the molecule is C1CC2CCCC2C1.C1CC2CCCC2C2CC2C1.C1CC2CCCC3CCC(C1)C23.C1CCC2C(C1)CCC1CCCCC12.C1CCC2CC3CCCCC3CC2C1.C1CCC2CCCCC2CC1.C1CC[C@H]2CCC[C@H]2C1.C1CC[C@H]2C[C@H]2C1.C1C[C@@H]2CC[C@@H]2C1.C1C[C@@H]2C[C@@H]2C1.C1C[C@H]2C[C@@H]12.CC12CCCCC1CCCC2. The highest BCUT2D eigenvalue weighted by Crippen LogP contribution is 2.61. The van der Waals surface area contributed by atoms with Crippen molar-refractivity contribution in [1.82, 2.24) is 0 Å². The van der Waals surface area contributed by atoms with Crippen molar-refractivity contribution < 1.29 is 0 Å². The zero-order valence-electron chi connectivity index (χ0n) is 77.4. The standard InChI is InChI=1S/2C14H24.C12H20.C11H18.2C11H20.C9H16.C8H14.2C7H12.C6H10.C5H8/c1-3-7-13-11(5-1)9-10-12-6-2-4-8-14(12)13;1-2-6-12-10-14-8-4-3-7-13(14)9-11(12)5-1;1-3-9-4-2-6-11-8-7-10(5-1)12(9)11;1-3-8-4-2-6-10(8)11-7-9(11)5-1;1-11-8-4-2-6-10(11)7-3-5-9-11;1-2-6-10-8-4-5-9-11(10)7-3-1;1-2-5-9-7-3-6-8(9)4-1;1-3-7-5-2-6-8(7)4-1;1-2-6-4-5-7(6)3-1;1-2-4-7-5-6(7)3-1;1-2-5-4-6(5)3-1;1-2-5-3-4(1)5/h2*11-14H,1-10H2;9-12H,1-8H2;8-11H,1-7H2;10H,2-9H2,1H3;10-11H,1-9H2;8-9H,1-7H2;7-8H,1-6H2;2*6-7H,1-5H2;5-6H,1-4H2;4-5H,1-3H2/t;;;;;;8-,9+;;2*6-,7+;5-,6+;4-,5+. The maximum absolute atomic E-state index is 2.54. The van der Waals surface area contributed by atoms with Crippen LogP contribution in [-0.4, -0.2) is 0 Å². The molecule has 0 aromatic rings. The Balaban J connectivity index is 0.0000000913. The highest BCUT2D eigenvalue weighted by Gasteiger charge is 2.50. The minimum atomic E-state index is 0.774. The smallest absolute Gasteiger partial charge is 0.0298 e. The first-order valence-corrected chi connectivity index (χ1v) is 56.9. The van der Waals surface area contributed by atoms with Crippen LogP contribution in [0, 0.1) is 189 Å². The highest BCUT2D eigenvalue weighted by molar-refractivity contribution is 5.01. The van der Waals surface area contributed by atoms with Crippen molar-refractivity contribution in [2.75, 3.05) is 0 Å². The van der Waals surface area contributed by atoms with Crippen molar-refractivity contribution in [3.05, 3.63) is 0 Å². The van der Waals surface area contributed by atoms with Gasteiger partial charge in [-0.05, 0) is 324 Å². The Hall–Kier alpha value is 0. The van der Waals surface area contributed by atoms with Gasteiger partial charge < -0.3 is 0 Å². The minimum Gasteiger partial charge on any atom is -0.0594 e. The van der Waals surface area contributed by atoms with Gasteiger partial charge in [-0.1, -0.05) is 399 Å². The van der Waals surface area contributed by atoms with Gasteiger partial charge in [0.25, 0.3) is 0 Å². The predicted molar refractivity (Wildman–Crippen MR) is 495 cm³/mol. The van der Waals surface area contributed by atoms with Crippen LogP contribution in [0.15, 0.2) is 0 Å². The maximum atomic E-state index is 2.54. The third kappa shape index (κ3) is 24.6. The summed E-state index contributed by atoms with van der Waals surface area (Å²) >= 11 is 0. The fourth-order valence-electron chi connectivity index (χ4n) is 35.7. The van der Waals surface area contributed by atoms with Crippen LogP contribution < -0.4 is 0 Å². The normalized spacial score (nSPS) is 47.9. The molecule has 0 N–H and O–H groups in total. The fourth-order valence-corrected chi connectivity index (χ4v) is 35.7. The van der Waals surface area contributed by atoms with E-state index in [1.807, 2.05) is 0 Å². The molecule has 0 bridgehead atoms. The van der Waals surface area contributed by atoms with Crippen LogP contribution in [0.25, 0.3) is 0 Å². The van der Waals surface area contributed by atoms with Crippen molar-refractivity contribution in [3.8, 4) is 0 Å². The molecular weight excluding hydrogens is 1380 g/mol. The summed E-state index contributed by atoms with van der Waals surface area (Å²) in [5.74, 6) is 36.5. The van der Waals surface area contributed by atoms with Crippen LogP contribution in [-0.2, 0) is 0 Å². The van der Waals surface area contributed by atoms with Gasteiger partial charge in [-0.3, -0.25) is 0 Å². The Labute approximate surface area is 717 Å². The second kappa shape index (κ2) is 44.4. The van der Waals surface area contributed by atoms with Gasteiger partial charge in [-0.2, -0.15) is 0 Å². The van der Waals surface area contributed by atoms with Gasteiger partial charge >= 0.3 is 0 Å². The number of hydrogen-bond acceptors (Lipinski definition) is 0. The van der Waals surface area contributed by atoms with Gasteiger partial charge in [0.05, 0.1) is 0 Å². The molecule has 28 saturated carbocycles. The lowest BCUT2D eigenvalue weighted by molar-refractivity contribution is 0.0278. The highest BCUT2D eigenvalue weighted by atomic mass is 14.6. The Bertz CT molecular complexity index is 2530. The lowest BCUT2D eigenvalue weighted by Gasteiger charge is -2.48. The molecule has 658 valence electrons. The molecule has 0 saturated heterocycles. The molecule has 26 atom stereocenters. The molecule has 16 unspecified atom stereocenters. The van der Waals surface area contributed by atoms with E-state index in [9.17, 15) is 0 Å². The minimum absolute atomic E-state index is 0.774. The summed E-state index contributed by atoms with van der Waals surface area (Å²) in [4.78, 5) is 0. The molecule has 28 rings (SSSR count). The largest absolute Gasteiger partial charge is 0.0594 e. The van der Waals surface area contributed by atoms with Crippen molar-refractivity contribution >= 4 is 0 Å². The summed E-state index contributed by atoms with van der Waals surface area (Å²) in [6, 6.07) is 0. The van der Waals surface area contributed by atoms with E-state index in [2.05, 4.69) is 6.92 Å². The lowest BCUT2D eigenvalue weighted by atomic mass is 9.58. The Morgan fingerprint density at radius 2 is 0.304 bits per heavy atom. The van der Waals surface area contributed by atoms with Gasteiger partial charge in [0.2, 0.25) is 0 Å². The molecule has 0 aromatic carbocycles. The monoisotopic (exact) mass is 1580 g/mol. The zero-order chi connectivity index (χ0) is 77.4. The van der Waals surface area contributed by atoms with E-state index in [1.54, 1.807) is 385 Å². The van der Waals surface area contributed by atoms with Gasteiger partial charge in [-0.25, -0.2) is 0 Å². The first kappa shape index (κ1) is 87.1. The molecule has 0 amide bonds. The molecule has 0 nitrogen and oxygen atoms in total. The summed E-state index contributed by atoms with van der Waals surface area (Å²) < 4.78 is 0. The molecule has 0 heteroatoms. The number of fused-ring (bicyclic) bond motifs is 16. The molecule has 115 heavy (non-hydrogen) atoms. The quantitative estimate of drug-likeness (QED) is 0.227. The van der Waals surface area contributed by atoms with Crippen LogP contribution in [0.4, 0.5) is 0 Å². The van der Waals surface area contributed by atoms with E-state index < -0.39 is 0 Å². The number of hydrogen-bond donors (Lipinski definition) is 0.